The van der Waals surface area contributed by atoms with Crippen molar-refractivity contribution in [2.24, 2.45) is 0 Å². The molecular weight excluding hydrogens is 482 g/mol. The number of amides is 1. The maximum Gasteiger partial charge on any atom is 0.417 e. The van der Waals surface area contributed by atoms with Crippen LogP contribution < -0.4 is 5.32 Å². The van der Waals surface area contributed by atoms with Gasteiger partial charge in [-0.15, -0.1) is 10.2 Å². The van der Waals surface area contributed by atoms with Gasteiger partial charge >= 0.3 is 12.4 Å². The number of benzene rings is 2. The first-order chi connectivity index (χ1) is 16.0. The molecule has 0 radical (unpaired) electrons. The highest BCUT2D eigenvalue weighted by Gasteiger charge is 2.33. The predicted octanol–water partition coefficient (Wildman–Crippen LogP) is 6.24. The van der Waals surface area contributed by atoms with E-state index in [1.807, 2.05) is 0 Å². The number of hydrogen-bond donors (Lipinski definition) is 1. The van der Waals surface area contributed by atoms with Gasteiger partial charge in [0, 0.05) is 11.9 Å². The summed E-state index contributed by atoms with van der Waals surface area (Å²) in [4.78, 5) is 13.1. The summed E-state index contributed by atoms with van der Waals surface area (Å²) in [7, 11) is 0. The van der Waals surface area contributed by atoms with Gasteiger partial charge in [-0.05, 0) is 35.9 Å². The molecule has 0 spiro atoms. The number of fused-ring (bicyclic) bond motifs is 1. The second-order valence-corrected chi connectivity index (χ2v) is 8.17. The van der Waals surface area contributed by atoms with Crippen LogP contribution in [-0.4, -0.2) is 20.5 Å². The van der Waals surface area contributed by atoms with Gasteiger partial charge in [-0.3, -0.25) is 9.20 Å². The number of hydrogen-bond acceptors (Lipinski definition) is 4. The Hall–Kier alpha value is -3.54. The highest BCUT2D eigenvalue weighted by molar-refractivity contribution is 8.00. The Morgan fingerprint density at radius 3 is 2.24 bits per heavy atom. The predicted molar refractivity (Wildman–Crippen MR) is 113 cm³/mol. The Morgan fingerprint density at radius 1 is 0.853 bits per heavy atom. The van der Waals surface area contributed by atoms with Crippen LogP contribution in [0, 0.1) is 0 Å². The number of pyridine rings is 1. The molecule has 2 aromatic carbocycles. The summed E-state index contributed by atoms with van der Waals surface area (Å²) >= 11 is 0.822. The minimum absolute atomic E-state index is 0.00847. The highest BCUT2D eigenvalue weighted by Crippen LogP contribution is 2.37. The molecule has 1 atom stereocenters. The number of anilines is 1. The smallest absolute Gasteiger partial charge is 0.325 e. The van der Waals surface area contributed by atoms with Crippen molar-refractivity contribution >= 4 is 29.0 Å². The number of carbonyl (C=O) groups is 1. The van der Waals surface area contributed by atoms with E-state index in [1.54, 1.807) is 30.3 Å². The van der Waals surface area contributed by atoms with E-state index in [4.69, 9.17) is 0 Å². The fraction of sp³-hybridized carbons (Fsp3) is 0.136. The maximum absolute atomic E-state index is 13.2. The van der Waals surface area contributed by atoms with Gasteiger partial charge in [0.15, 0.2) is 10.8 Å². The van der Waals surface area contributed by atoms with E-state index < -0.39 is 34.6 Å². The molecule has 0 saturated heterocycles. The van der Waals surface area contributed by atoms with Crippen LogP contribution in [0.15, 0.2) is 78.1 Å². The number of thioether (sulfide) groups is 1. The number of rotatable bonds is 5. The number of halogens is 6. The molecule has 0 aliphatic rings. The molecule has 2 heterocycles. The first-order valence-corrected chi connectivity index (χ1v) is 10.5. The Balaban J connectivity index is 1.68. The minimum atomic E-state index is -4.60. The molecule has 0 bridgehead atoms. The lowest BCUT2D eigenvalue weighted by atomic mass is 10.1. The standard InChI is InChI=1S/C22H14F6N4OS/c23-21(24,25)14-7-4-8-16(11-14)29-19(33)18(13-5-2-1-3-6-13)34-20-31-30-17-10-9-15(12-32(17)20)22(26,27)28/h1-12,18H,(H,29,33). The van der Waals surface area contributed by atoms with Gasteiger partial charge in [0.2, 0.25) is 5.91 Å². The average molecular weight is 496 g/mol. The fourth-order valence-electron chi connectivity index (χ4n) is 3.11. The van der Waals surface area contributed by atoms with Gasteiger partial charge in [0.25, 0.3) is 0 Å². The van der Waals surface area contributed by atoms with Crippen LogP contribution in [0.25, 0.3) is 5.65 Å². The summed E-state index contributed by atoms with van der Waals surface area (Å²) in [6.45, 7) is 0. The third-order valence-electron chi connectivity index (χ3n) is 4.72. The van der Waals surface area contributed by atoms with Crippen molar-refractivity contribution in [3.63, 3.8) is 0 Å². The van der Waals surface area contributed by atoms with E-state index in [0.717, 1.165) is 52.7 Å². The lowest BCUT2D eigenvalue weighted by molar-refractivity contribution is -0.138. The van der Waals surface area contributed by atoms with Crippen LogP contribution in [0.2, 0.25) is 0 Å². The van der Waals surface area contributed by atoms with Crippen molar-refractivity contribution in [3.05, 3.63) is 89.6 Å². The summed E-state index contributed by atoms with van der Waals surface area (Å²) in [6, 6.07) is 14.4. The lowest BCUT2D eigenvalue weighted by Crippen LogP contribution is -2.20. The number of nitrogens with zero attached hydrogens (tertiary/aromatic N) is 3. The van der Waals surface area contributed by atoms with Crippen molar-refractivity contribution < 1.29 is 31.1 Å². The molecule has 2 aromatic heterocycles. The number of aromatic nitrogens is 3. The van der Waals surface area contributed by atoms with Crippen LogP contribution in [0.5, 0.6) is 0 Å². The monoisotopic (exact) mass is 496 g/mol. The van der Waals surface area contributed by atoms with E-state index in [0.29, 0.717) is 5.56 Å². The van der Waals surface area contributed by atoms with Gasteiger partial charge < -0.3 is 5.32 Å². The molecule has 176 valence electrons. The van der Waals surface area contributed by atoms with Crippen molar-refractivity contribution in [1.29, 1.82) is 0 Å². The molecule has 12 heteroatoms. The number of carbonyl (C=O) groups excluding carboxylic acids is 1. The van der Waals surface area contributed by atoms with Gasteiger partial charge in [-0.2, -0.15) is 26.3 Å². The van der Waals surface area contributed by atoms with Crippen LogP contribution in [0.1, 0.15) is 21.9 Å². The average Bonchev–Trinajstić information content (AvgIpc) is 3.19. The van der Waals surface area contributed by atoms with Gasteiger partial charge in [-0.1, -0.05) is 48.2 Å². The molecule has 1 amide bonds. The first kappa shape index (κ1) is 23.6. The number of nitrogens with one attached hydrogen (secondary N) is 1. The molecule has 0 aliphatic heterocycles. The first-order valence-electron chi connectivity index (χ1n) is 9.64. The van der Waals surface area contributed by atoms with Gasteiger partial charge in [0.05, 0.1) is 11.1 Å². The zero-order valence-electron chi connectivity index (χ0n) is 16.9. The van der Waals surface area contributed by atoms with E-state index >= 15 is 0 Å². The highest BCUT2D eigenvalue weighted by atomic mass is 32.2. The number of alkyl halides is 6. The second kappa shape index (κ2) is 9.01. The molecule has 1 N–H and O–H groups in total. The molecule has 0 aliphatic carbocycles. The summed E-state index contributed by atoms with van der Waals surface area (Å²) in [5, 5.41) is 9.15. The van der Waals surface area contributed by atoms with Crippen molar-refractivity contribution in [2.75, 3.05) is 5.32 Å². The van der Waals surface area contributed by atoms with Crippen LogP contribution in [-0.2, 0) is 17.1 Å². The summed E-state index contributed by atoms with van der Waals surface area (Å²) in [5.41, 5.74) is -1.32. The molecule has 1 unspecified atom stereocenters. The zero-order valence-corrected chi connectivity index (χ0v) is 17.7. The molecule has 0 fully saturated rings. The summed E-state index contributed by atoms with van der Waals surface area (Å²) in [5.74, 6) is -0.681. The Labute approximate surface area is 192 Å². The van der Waals surface area contributed by atoms with E-state index in [-0.39, 0.29) is 16.5 Å². The van der Waals surface area contributed by atoms with E-state index in [9.17, 15) is 31.1 Å². The Morgan fingerprint density at radius 2 is 1.56 bits per heavy atom. The Bertz CT molecular complexity index is 1320. The molecule has 4 aromatic rings. The zero-order chi connectivity index (χ0) is 24.5. The third kappa shape index (κ3) is 5.16. The third-order valence-corrected chi connectivity index (χ3v) is 5.93. The summed E-state index contributed by atoms with van der Waals surface area (Å²) in [6.07, 6.45) is -8.37. The SMILES string of the molecule is O=C(Nc1cccc(C(F)(F)F)c1)C(Sc1nnc2ccc(C(F)(F)F)cn12)c1ccccc1. The molecule has 34 heavy (non-hydrogen) atoms. The molecule has 4 rings (SSSR count). The largest absolute Gasteiger partial charge is 0.417 e. The molecular formula is C22H14F6N4OS. The normalized spacial score (nSPS) is 13.1. The Kier molecular flexibility index (Phi) is 6.26. The van der Waals surface area contributed by atoms with Gasteiger partial charge in [0.1, 0.15) is 5.25 Å². The topological polar surface area (TPSA) is 59.3 Å². The van der Waals surface area contributed by atoms with Crippen molar-refractivity contribution in [1.82, 2.24) is 14.6 Å². The van der Waals surface area contributed by atoms with Crippen LogP contribution >= 0.6 is 11.8 Å². The van der Waals surface area contributed by atoms with Crippen molar-refractivity contribution in [3.8, 4) is 0 Å². The quantitative estimate of drug-likeness (QED) is 0.263. The van der Waals surface area contributed by atoms with Gasteiger partial charge in [-0.25, -0.2) is 0 Å². The summed E-state index contributed by atoms with van der Waals surface area (Å²) < 4.78 is 79.7. The molecule has 0 saturated carbocycles. The van der Waals surface area contributed by atoms with E-state index in [2.05, 4.69) is 15.5 Å². The van der Waals surface area contributed by atoms with Crippen LogP contribution in [0.4, 0.5) is 32.0 Å². The molecule has 5 nitrogen and oxygen atoms in total. The van der Waals surface area contributed by atoms with E-state index in [1.165, 1.54) is 6.07 Å². The fourth-order valence-corrected chi connectivity index (χ4v) is 4.12. The van der Waals surface area contributed by atoms with Crippen molar-refractivity contribution in [2.45, 2.75) is 22.8 Å². The minimum Gasteiger partial charge on any atom is -0.325 e. The lowest BCUT2D eigenvalue weighted by Gasteiger charge is -2.17. The maximum atomic E-state index is 13.2. The second-order valence-electron chi connectivity index (χ2n) is 7.10. The van der Waals surface area contributed by atoms with Crippen LogP contribution in [0.3, 0.4) is 0 Å².